The highest BCUT2D eigenvalue weighted by Gasteiger charge is 2.11. The average molecular weight is 333 g/mol. The van der Waals surface area contributed by atoms with E-state index >= 15 is 0 Å². The number of nitrogens with one attached hydrogen (secondary N) is 1. The van der Waals surface area contributed by atoms with Crippen LogP contribution in [0.25, 0.3) is 0 Å². The van der Waals surface area contributed by atoms with Crippen LogP contribution in [0.3, 0.4) is 0 Å². The van der Waals surface area contributed by atoms with E-state index in [2.05, 4.69) is 10.5 Å². The number of halogens is 1. The lowest BCUT2D eigenvalue weighted by Crippen LogP contribution is -2.15. The molecule has 1 N–H and O–H groups in total. The summed E-state index contributed by atoms with van der Waals surface area (Å²) in [6.07, 6.45) is 0.723. The first-order valence-electron chi connectivity index (χ1n) is 6.87. The van der Waals surface area contributed by atoms with E-state index in [4.69, 9.17) is 25.9 Å². The van der Waals surface area contributed by atoms with E-state index in [9.17, 15) is 4.79 Å². The van der Waals surface area contributed by atoms with Crippen molar-refractivity contribution in [1.82, 2.24) is 0 Å². The molecule has 6 nitrogen and oxygen atoms in total. The van der Waals surface area contributed by atoms with Crippen LogP contribution < -0.4 is 14.8 Å². The fraction of sp³-hybridized carbons (Fsp3) is 0.125. The number of rotatable bonds is 3. The van der Waals surface area contributed by atoms with Gasteiger partial charge in [-0.15, -0.1) is 0 Å². The number of nitrogens with zero attached hydrogens (tertiary/aromatic N) is 1. The molecule has 0 saturated carbocycles. The summed E-state index contributed by atoms with van der Waals surface area (Å²) in [5.41, 5.74) is 1.29. The van der Waals surface area contributed by atoms with Gasteiger partial charge in [-0.3, -0.25) is 10.2 Å². The van der Waals surface area contributed by atoms with Crippen molar-refractivity contribution in [3.05, 3.63) is 53.1 Å². The molecule has 0 atom stereocenters. The third-order valence-electron chi connectivity index (χ3n) is 2.99. The predicted octanol–water partition coefficient (Wildman–Crippen LogP) is 3.69. The van der Waals surface area contributed by atoms with Gasteiger partial charge in [-0.25, -0.2) is 4.79 Å². The van der Waals surface area contributed by atoms with Crippen LogP contribution in [0, 0.1) is 0 Å². The largest absolute Gasteiger partial charge is 0.486 e. The Labute approximate surface area is 137 Å². The van der Waals surface area contributed by atoms with Gasteiger partial charge in [-0.05, 0) is 42.5 Å². The molecule has 23 heavy (non-hydrogen) atoms. The number of benzene rings is 2. The third kappa shape index (κ3) is 4.14. The van der Waals surface area contributed by atoms with Crippen molar-refractivity contribution < 1.29 is 19.1 Å². The van der Waals surface area contributed by atoms with Crippen molar-refractivity contribution in [2.24, 2.45) is 5.16 Å². The summed E-state index contributed by atoms with van der Waals surface area (Å²) in [5.74, 6) is 1.33. The molecule has 0 aromatic heterocycles. The normalized spacial score (nSPS) is 12.9. The Morgan fingerprint density at radius 1 is 1.13 bits per heavy atom. The molecule has 0 radical (unpaired) electrons. The monoisotopic (exact) mass is 332 g/mol. The highest BCUT2D eigenvalue weighted by molar-refractivity contribution is 6.30. The number of anilines is 1. The van der Waals surface area contributed by atoms with Gasteiger partial charge in [0.15, 0.2) is 11.5 Å². The summed E-state index contributed by atoms with van der Waals surface area (Å²) in [7, 11) is 0. The first-order valence-corrected chi connectivity index (χ1v) is 7.25. The highest BCUT2D eigenvalue weighted by atomic mass is 35.5. The van der Waals surface area contributed by atoms with Gasteiger partial charge in [0.1, 0.15) is 13.2 Å². The SMILES string of the molecule is O=C(Nc1ccc(Cl)cc1)O/N=C/c1ccc2c(c1)OCCO2. The molecular weight excluding hydrogens is 320 g/mol. The molecule has 0 bridgehead atoms. The van der Waals surface area contributed by atoms with Crippen molar-refractivity contribution in [3.8, 4) is 11.5 Å². The molecule has 1 heterocycles. The first-order chi connectivity index (χ1) is 11.2. The molecular formula is C16H13ClN2O4. The van der Waals surface area contributed by atoms with Crippen LogP contribution in [-0.2, 0) is 4.84 Å². The minimum absolute atomic E-state index is 0.508. The molecule has 0 saturated heterocycles. The van der Waals surface area contributed by atoms with E-state index in [0.717, 1.165) is 5.56 Å². The Morgan fingerprint density at radius 2 is 1.87 bits per heavy atom. The van der Waals surface area contributed by atoms with Crippen LogP contribution in [0.5, 0.6) is 11.5 Å². The molecule has 0 aliphatic carbocycles. The second kappa shape index (κ2) is 7.02. The van der Waals surface area contributed by atoms with E-state index in [-0.39, 0.29) is 0 Å². The molecule has 1 amide bonds. The number of hydrogen-bond donors (Lipinski definition) is 1. The van der Waals surface area contributed by atoms with E-state index in [0.29, 0.717) is 35.4 Å². The molecule has 7 heteroatoms. The second-order valence-electron chi connectivity index (χ2n) is 4.65. The zero-order valence-electron chi connectivity index (χ0n) is 12.0. The first kappa shape index (κ1) is 15.2. The summed E-state index contributed by atoms with van der Waals surface area (Å²) in [6.45, 7) is 1.04. The number of carbonyl (C=O) groups excluding carboxylic acids is 1. The van der Waals surface area contributed by atoms with Crippen LogP contribution in [-0.4, -0.2) is 25.5 Å². The van der Waals surface area contributed by atoms with Crippen molar-refractivity contribution >= 4 is 29.6 Å². The standard InChI is InChI=1S/C16H13ClN2O4/c17-12-2-4-13(5-3-12)19-16(20)23-18-10-11-1-6-14-15(9-11)22-8-7-21-14/h1-6,9-10H,7-8H2,(H,19,20)/b18-10+. The fourth-order valence-electron chi connectivity index (χ4n) is 1.95. The summed E-state index contributed by atoms with van der Waals surface area (Å²) in [5, 5.41) is 6.76. The van der Waals surface area contributed by atoms with Gasteiger partial charge in [0.2, 0.25) is 0 Å². The lowest BCUT2D eigenvalue weighted by Gasteiger charge is -2.18. The lowest BCUT2D eigenvalue weighted by atomic mass is 10.2. The Bertz CT molecular complexity index is 731. The molecule has 118 valence electrons. The van der Waals surface area contributed by atoms with E-state index < -0.39 is 6.09 Å². The molecule has 2 aromatic carbocycles. The third-order valence-corrected chi connectivity index (χ3v) is 3.25. The van der Waals surface area contributed by atoms with Gasteiger partial charge in [0.25, 0.3) is 0 Å². The van der Waals surface area contributed by atoms with E-state index in [1.54, 1.807) is 42.5 Å². The van der Waals surface area contributed by atoms with E-state index in [1.807, 2.05) is 0 Å². The zero-order chi connectivity index (χ0) is 16.1. The van der Waals surface area contributed by atoms with Gasteiger partial charge in [0.05, 0.1) is 6.21 Å². The van der Waals surface area contributed by atoms with Crippen molar-refractivity contribution in [2.75, 3.05) is 18.5 Å². The van der Waals surface area contributed by atoms with Crippen LogP contribution in [0.1, 0.15) is 5.56 Å². The number of carbonyl (C=O) groups is 1. The molecule has 3 rings (SSSR count). The smallest absolute Gasteiger partial charge is 0.437 e. The average Bonchev–Trinajstić information content (AvgIpc) is 2.57. The Kier molecular flexibility index (Phi) is 4.63. The maximum atomic E-state index is 11.6. The van der Waals surface area contributed by atoms with Crippen LogP contribution in [0.2, 0.25) is 5.02 Å². The van der Waals surface area contributed by atoms with Gasteiger partial charge in [0, 0.05) is 16.3 Å². The molecule has 1 aliphatic rings. The highest BCUT2D eigenvalue weighted by Crippen LogP contribution is 2.30. The van der Waals surface area contributed by atoms with Gasteiger partial charge in [-0.1, -0.05) is 16.8 Å². The fourth-order valence-corrected chi connectivity index (χ4v) is 2.08. The number of fused-ring (bicyclic) bond motifs is 1. The number of amides is 1. The molecule has 0 unspecified atom stereocenters. The van der Waals surface area contributed by atoms with Crippen LogP contribution in [0.15, 0.2) is 47.6 Å². The quantitative estimate of drug-likeness (QED) is 0.528. The zero-order valence-corrected chi connectivity index (χ0v) is 12.7. The van der Waals surface area contributed by atoms with Crippen LogP contribution >= 0.6 is 11.6 Å². The topological polar surface area (TPSA) is 69.2 Å². The summed E-state index contributed by atoms with van der Waals surface area (Å²) in [6, 6.07) is 12.0. The second-order valence-corrected chi connectivity index (χ2v) is 5.08. The minimum Gasteiger partial charge on any atom is -0.486 e. The lowest BCUT2D eigenvalue weighted by molar-refractivity contribution is 0.167. The summed E-state index contributed by atoms with van der Waals surface area (Å²) in [4.78, 5) is 16.3. The molecule has 0 fully saturated rings. The maximum absolute atomic E-state index is 11.6. The van der Waals surface area contributed by atoms with Crippen molar-refractivity contribution in [1.29, 1.82) is 0 Å². The van der Waals surface area contributed by atoms with Gasteiger partial charge in [-0.2, -0.15) is 0 Å². The molecule has 2 aromatic rings. The molecule has 0 spiro atoms. The number of hydrogen-bond acceptors (Lipinski definition) is 5. The van der Waals surface area contributed by atoms with Gasteiger partial charge >= 0.3 is 6.09 Å². The summed E-state index contributed by atoms with van der Waals surface area (Å²) >= 11 is 5.76. The van der Waals surface area contributed by atoms with Crippen molar-refractivity contribution in [3.63, 3.8) is 0 Å². The number of oxime groups is 1. The Hall–Kier alpha value is -2.73. The Balaban J connectivity index is 1.56. The minimum atomic E-state index is -0.693. The number of ether oxygens (including phenoxy) is 2. The maximum Gasteiger partial charge on any atom is 0.437 e. The van der Waals surface area contributed by atoms with Crippen LogP contribution in [0.4, 0.5) is 10.5 Å². The predicted molar refractivity (Wildman–Crippen MR) is 86.6 cm³/mol. The molecule has 1 aliphatic heterocycles. The Morgan fingerprint density at radius 3 is 2.65 bits per heavy atom. The van der Waals surface area contributed by atoms with Gasteiger partial charge < -0.3 is 9.47 Å². The van der Waals surface area contributed by atoms with E-state index in [1.165, 1.54) is 6.21 Å². The summed E-state index contributed by atoms with van der Waals surface area (Å²) < 4.78 is 10.9. The van der Waals surface area contributed by atoms with Crippen molar-refractivity contribution in [2.45, 2.75) is 0 Å².